The van der Waals surface area contributed by atoms with Crippen LogP contribution in [0.4, 0.5) is 4.39 Å². The molecule has 2 rings (SSSR count). The molecule has 4 heteroatoms. The second kappa shape index (κ2) is 3.73. The van der Waals surface area contributed by atoms with Crippen molar-refractivity contribution in [2.24, 2.45) is 0 Å². The van der Waals surface area contributed by atoms with Gasteiger partial charge in [-0.3, -0.25) is 0 Å². The van der Waals surface area contributed by atoms with Crippen LogP contribution in [0.25, 0.3) is 10.9 Å². The number of halogens is 1. The lowest BCUT2D eigenvalue weighted by Gasteiger charge is -2.09. The number of nitrogens with zero attached hydrogens (tertiary/aromatic N) is 1. The van der Waals surface area contributed by atoms with E-state index in [0.29, 0.717) is 10.9 Å². The van der Waals surface area contributed by atoms with Crippen molar-refractivity contribution in [3.8, 4) is 11.6 Å². The molecule has 0 aliphatic rings. The first kappa shape index (κ1) is 9.71. The number of benzene rings is 1. The molecule has 0 radical (unpaired) electrons. The SMILES string of the molecule is COc1nc2ccccc2c(F)c1OC. The molecule has 0 aliphatic carbocycles. The summed E-state index contributed by atoms with van der Waals surface area (Å²) in [6.07, 6.45) is 0. The maximum Gasteiger partial charge on any atom is 0.260 e. The highest BCUT2D eigenvalue weighted by Crippen LogP contribution is 2.32. The third-order valence-corrected chi connectivity index (χ3v) is 2.15. The second-order valence-corrected chi connectivity index (χ2v) is 2.99. The third kappa shape index (κ3) is 1.48. The molecule has 0 fully saturated rings. The molecule has 15 heavy (non-hydrogen) atoms. The van der Waals surface area contributed by atoms with Gasteiger partial charge in [-0.25, -0.2) is 9.37 Å². The fourth-order valence-corrected chi connectivity index (χ4v) is 1.45. The van der Waals surface area contributed by atoms with E-state index in [4.69, 9.17) is 9.47 Å². The van der Waals surface area contributed by atoms with E-state index in [1.807, 2.05) is 0 Å². The molecule has 1 aromatic carbocycles. The van der Waals surface area contributed by atoms with Gasteiger partial charge in [0, 0.05) is 5.39 Å². The number of pyridine rings is 1. The summed E-state index contributed by atoms with van der Waals surface area (Å²) in [4.78, 5) is 4.14. The predicted molar refractivity (Wildman–Crippen MR) is 54.8 cm³/mol. The van der Waals surface area contributed by atoms with Gasteiger partial charge in [-0.05, 0) is 12.1 Å². The van der Waals surface area contributed by atoms with E-state index in [1.165, 1.54) is 14.2 Å². The number of methoxy groups -OCH3 is 2. The lowest BCUT2D eigenvalue weighted by molar-refractivity contribution is 0.329. The van der Waals surface area contributed by atoms with Crippen LogP contribution in [0.5, 0.6) is 11.6 Å². The average molecular weight is 207 g/mol. The first-order valence-electron chi connectivity index (χ1n) is 4.44. The van der Waals surface area contributed by atoms with Crippen LogP contribution in [0.1, 0.15) is 0 Å². The maximum atomic E-state index is 13.9. The van der Waals surface area contributed by atoms with Crippen molar-refractivity contribution < 1.29 is 13.9 Å². The smallest absolute Gasteiger partial charge is 0.260 e. The zero-order valence-electron chi connectivity index (χ0n) is 8.45. The molecule has 0 unspecified atom stereocenters. The zero-order valence-corrected chi connectivity index (χ0v) is 8.45. The summed E-state index contributed by atoms with van der Waals surface area (Å²) < 4.78 is 23.7. The van der Waals surface area contributed by atoms with Gasteiger partial charge in [0.05, 0.1) is 19.7 Å². The van der Waals surface area contributed by atoms with Gasteiger partial charge in [-0.15, -0.1) is 0 Å². The lowest BCUT2D eigenvalue weighted by atomic mass is 10.2. The highest BCUT2D eigenvalue weighted by molar-refractivity contribution is 5.81. The number of hydrogen-bond acceptors (Lipinski definition) is 3. The van der Waals surface area contributed by atoms with Gasteiger partial charge < -0.3 is 9.47 Å². The second-order valence-electron chi connectivity index (χ2n) is 2.99. The van der Waals surface area contributed by atoms with Crippen molar-refractivity contribution in [2.75, 3.05) is 14.2 Å². The van der Waals surface area contributed by atoms with E-state index in [0.717, 1.165) is 0 Å². The Morgan fingerprint density at radius 1 is 1.13 bits per heavy atom. The van der Waals surface area contributed by atoms with Gasteiger partial charge in [-0.2, -0.15) is 0 Å². The molecule has 0 spiro atoms. The Morgan fingerprint density at radius 2 is 1.87 bits per heavy atom. The fourth-order valence-electron chi connectivity index (χ4n) is 1.45. The van der Waals surface area contributed by atoms with Crippen LogP contribution in [-0.2, 0) is 0 Å². The normalized spacial score (nSPS) is 10.3. The Kier molecular flexibility index (Phi) is 2.41. The van der Waals surface area contributed by atoms with E-state index in [9.17, 15) is 4.39 Å². The van der Waals surface area contributed by atoms with E-state index in [-0.39, 0.29) is 11.6 Å². The summed E-state index contributed by atoms with van der Waals surface area (Å²) in [6.45, 7) is 0. The molecule has 1 aromatic heterocycles. The van der Waals surface area contributed by atoms with Crippen molar-refractivity contribution >= 4 is 10.9 Å². The number of rotatable bonds is 2. The Balaban J connectivity index is 2.81. The number of para-hydroxylation sites is 1. The fraction of sp³-hybridized carbons (Fsp3) is 0.182. The molecule has 0 amide bonds. The number of ether oxygens (including phenoxy) is 2. The van der Waals surface area contributed by atoms with Crippen molar-refractivity contribution in [1.29, 1.82) is 0 Å². The minimum Gasteiger partial charge on any atom is -0.489 e. The van der Waals surface area contributed by atoms with Crippen LogP contribution in [-0.4, -0.2) is 19.2 Å². The summed E-state index contributed by atoms with van der Waals surface area (Å²) >= 11 is 0. The summed E-state index contributed by atoms with van der Waals surface area (Å²) in [5.74, 6) is -0.246. The minimum absolute atomic E-state index is 0.0381. The quantitative estimate of drug-likeness (QED) is 0.757. The van der Waals surface area contributed by atoms with E-state index >= 15 is 0 Å². The lowest BCUT2D eigenvalue weighted by Crippen LogP contribution is -1.97. The number of fused-ring (bicyclic) bond motifs is 1. The van der Waals surface area contributed by atoms with Gasteiger partial charge in [-0.1, -0.05) is 12.1 Å². The van der Waals surface area contributed by atoms with Crippen LogP contribution >= 0.6 is 0 Å². The van der Waals surface area contributed by atoms with E-state index < -0.39 is 5.82 Å². The van der Waals surface area contributed by atoms with Crippen LogP contribution in [0, 0.1) is 5.82 Å². The molecular formula is C11H10FNO2. The molecule has 0 saturated carbocycles. The number of aromatic nitrogens is 1. The van der Waals surface area contributed by atoms with Gasteiger partial charge >= 0.3 is 0 Å². The molecule has 2 aromatic rings. The Labute approximate surface area is 86.5 Å². The summed E-state index contributed by atoms with van der Waals surface area (Å²) in [7, 11) is 2.82. The van der Waals surface area contributed by atoms with Crippen molar-refractivity contribution in [2.45, 2.75) is 0 Å². The largest absolute Gasteiger partial charge is 0.489 e. The van der Waals surface area contributed by atoms with Crippen LogP contribution in [0.2, 0.25) is 0 Å². The Hall–Kier alpha value is -1.84. The highest BCUT2D eigenvalue weighted by atomic mass is 19.1. The third-order valence-electron chi connectivity index (χ3n) is 2.15. The first-order chi connectivity index (χ1) is 7.27. The van der Waals surface area contributed by atoms with Gasteiger partial charge in [0.15, 0.2) is 5.82 Å². The zero-order chi connectivity index (χ0) is 10.8. The molecule has 78 valence electrons. The van der Waals surface area contributed by atoms with Gasteiger partial charge in [0.1, 0.15) is 0 Å². The predicted octanol–water partition coefficient (Wildman–Crippen LogP) is 2.39. The molecule has 0 N–H and O–H groups in total. The van der Waals surface area contributed by atoms with Crippen molar-refractivity contribution in [3.63, 3.8) is 0 Å². The molecular weight excluding hydrogens is 197 g/mol. The number of hydrogen-bond donors (Lipinski definition) is 0. The molecule has 0 aliphatic heterocycles. The topological polar surface area (TPSA) is 31.4 Å². The minimum atomic E-state index is -0.444. The van der Waals surface area contributed by atoms with Gasteiger partial charge in [0.25, 0.3) is 5.88 Å². The summed E-state index contributed by atoms with van der Waals surface area (Å²) in [5, 5.41) is 0.426. The summed E-state index contributed by atoms with van der Waals surface area (Å²) in [5.41, 5.74) is 0.549. The molecule has 0 saturated heterocycles. The summed E-state index contributed by atoms with van der Waals surface area (Å²) in [6, 6.07) is 6.92. The standard InChI is InChI=1S/C11H10FNO2/c1-14-10-9(12)7-5-3-4-6-8(7)13-11(10)15-2/h3-6H,1-2H3. The molecule has 0 bridgehead atoms. The van der Waals surface area contributed by atoms with E-state index in [1.54, 1.807) is 24.3 Å². The Bertz CT molecular complexity index is 499. The van der Waals surface area contributed by atoms with Crippen LogP contribution < -0.4 is 9.47 Å². The van der Waals surface area contributed by atoms with Gasteiger partial charge in [0.2, 0.25) is 5.75 Å². The highest BCUT2D eigenvalue weighted by Gasteiger charge is 2.15. The van der Waals surface area contributed by atoms with E-state index in [2.05, 4.69) is 4.98 Å². The molecule has 0 atom stereocenters. The molecule has 1 heterocycles. The van der Waals surface area contributed by atoms with Crippen LogP contribution in [0.15, 0.2) is 24.3 Å². The monoisotopic (exact) mass is 207 g/mol. The molecule has 3 nitrogen and oxygen atoms in total. The maximum absolute atomic E-state index is 13.9. The first-order valence-corrected chi connectivity index (χ1v) is 4.44. The van der Waals surface area contributed by atoms with Crippen molar-refractivity contribution in [3.05, 3.63) is 30.1 Å². The van der Waals surface area contributed by atoms with Crippen LogP contribution in [0.3, 0.4) is 0 Å². The average Bonchev–Trinajstić information content (AvgIpc) is 2.29. The Morgan fingerprint density at radius 3 is 2.53 bits per heavy atom. The van der Waals surface area contributed by atoms with Crippen molar-refractivity contribution in [1.82, 2.24) is 4.98 Å².